The third kappa shape index (κ3) is 3.07. The van der Waals surface area contributed by atoms with E-state index in [1.165, 1.54) is 38.3 Å². The van der Waals surface area contributed by atoms with Crippen molar-refractivity contribution in [1.82, 2.24) is 0 Å². The van der Waals surface area contributed by atoms with Gasteiger partial charge in [-0.3, -0.25) is 4.79 Å². The van der Waals surface area contributed by atoms with Crippen molar-refractivity contribution < 1.29 is 24.5 Å². The SMILES string of the molecule is COc1cc(/C=C(/C(C)=O)C(=O)O)ccc1O. The predicted molar refractivity (Wildman–Crippen MR) is 61.0 cm³/mol. The normalized spacial score (nSPS) is 11.1. The summed E-state index contributed by atoms with van der Waals surface area (Å²) in [6, 6.07) is 4.30. The predicted octanol–water partition coefficient (Wildman–Crippen LogP) is 1.46. The van der Waals surface area contributed by atoms with Gasteiger partial charge in [-0.1, -0.05) is 6.07 Å². The van der Waals surface area contributed by atoms with Gasteiger partial charge in [-0.05, 0) is 30.7 Å². The molecule has 0 saturated heterocycles. The van der Waals surface area contributed by atoms with Crippen molar-refractivity contribution in [2.75, 3.05) is 7.11 Å². The van der Waals surface area contributed by atoms with Crippen molar-refractivity contribution in [3.8, 4) is 11.5 Å². The molecule has 0 heterocycles. The third-order valence-corrected chi connectivity index (χ3v) is 2.12. The summed E-state index contributed by atoms with van der Waals surface area (Å²) in [6.07, 6.45) is 1.23. The lowest BCUT2D eigenvalue weighted by molar-refractivity contribution is -0.134. The molecular formula is C12H12O5. The molecule has 0 bridgehead atoms. The quantitative estimate of drug-likeness (QED) is 0.469. The molecule has 2 N–H and O–H groups in total. The number of Topliss-reactive ketones (excluding diaryl/α,β-unsaturated/α-hetero) is 1. The second-order valence-corrected chi connectivity index (χ2v) is 3.35. The zero-order valence-electron chi connectivity index (χ0n) is 9.43. The van der Waals surface area contributed by atoms with Gasteiger partial charge in [0, 0.05) is 0 Å². The Labute approximate surface area is 98.0 Å². The first-order valence-electron chi connectivity index (χ1n) is 4.78. The van der Waals surface area contributed by atoms with E-state index in [0.29, 0.717) is 5.56 Å². The van der Waals surface area contributed by atoms with E-state index in [2.05, 4.69) is 0 Å². The number of hydrogen-bond donors (Lipinski definition) is 2. The number of ether oxygens (including phenoxy) is 1. The minimum Gasteiger partial charge on any atom is -0.504 e. The van der Waals surface area contributed by atoms with Crippen LogP contribution in [0.3, 0.4) is 0 Å². The van der Waals surface area contributed by atoms with Crippen LogP contribution in [0.4, 0.5) is 0 Å². The fourth-order valence-corrected chi connectivity index (χ4v) is 1.26. The zero-order chi connectivity index (χ0) is 13.0. The molecule has 1 rings (SSSR count). The van der Waals surface area contributed by atoms with Crippen LogP contribution in [0.25, 0.3) is 6.08 Å². The number of phenolic OH excluding ortho intramolecular Hbond substituents is 1. The van der Waals surface area contributed by atoms with Gasteiger partial charge in [0.15, 0.2) is 17.3 Å². The maximum Gasteiger partial charge on any atom is 0.339 e. The highest BCUT2D eigenvalue weighted by Crippen LogP contribution is 2.27. The Morgan fingerprint density at radius 3 is 2.47 bits per heavy atom. The van der Waals surface area contributed by atoms with Crippen LogP contribution in [0.1, 0.15) is 12.5 Å². The average Bonchev–Trinajstić information content (AvgIpc) is 2.26. The van der Waals surface area contributed by atoms with E-state index >= 15 is 0 Å². The molecule has 0 atom stereocenters. The van der Waals surface area contributed by atoms with Crippen LogP contribution in [0.15, 0.2) is 23.8 Å². The summed E-state index contributed by atoms with van der Waals surface area (Å²) in [7, 11) is 1.38. The molecule has 0 fully saturated rings. The second kappa shape index (κ2) is 5.16. The number of benzene rings is 1. The lowest BCUT2D eigenvalue weighted by Crippen LogP contribution is -2.08. The molecule has 90 valence electrons. The number of rotatable bonds is 4. The van der Waals surface area contributed by atoms with Gasteiger partial charge in [-0.15, -0.1) is 0 Å². The molecule has 0 spiro atoms. The summed E-state index contributed by atoms with van der Waals surface area (Å²) in [5.41, 5.74) is 0.144. The second-order valence-electron chi connectivity index (χ2n) is 3.35. The number of carboxylic acid groups (broad SMARTS) is 1. The van der Waals surface area contributed by atoms with Gasteiger partial charge >= 0.3 is 5.97 Å². The molecule has 0 amide bonds. The Balaban J connectivity index is 3.21. The molecule has 0 aromatic heterocycles. The van der Waals surface area contributed by atoms with E-state index < -0.39 is 11.8 Å². The number of aromatic hydroxyl groups is 1. The number of hydrogen-bond acceptors (Lipinski definition) is 4. The fraction of sp³-hybridized carbons (Fsp3) is 0.167. The minimum atomic E-state index is -1.29. The lowest BCUT2D eigenvalue weighted by Gasteiger charge is -2.04. The Morgan fingerprint density at radius 1 is 1.35 bits per heavy atom. The van der Waals surface area contributed by atoms with Gasteiger partial charge in [0.25, 0.3) is 0 Å². The number of ketones is 1. The average molecular weight is 236 g/mol. The van der Waals surface area contributed by atoms with Crippen molar-refractivity contribution in [3.63, 3.8) is 0 Å². The largest absolute Gasteiger partial charge is 0.504 e. The molecule has 0 aliphatic heterocycles. The first-order valence-corrected chi connectivity index (χ1v) is 4.78. The smallest absolute Gasteiger partial charge is 0.339 e. The van der Waals surface area contributed by atoms with Crippen LogP contribution >= 0.6 is 0 Å². The number of phenols is 1. The molecule has 0 aliphatic rings. The third-order valence-electron chi connectivity index (χ3n) is 2.12. The maximum atomic E-state index is 11.1. The van der Waals surface area contributed by atoms with E-state index in [-0.39, 0.29) is 17.1 Å². The first kappa shape index (κ1) is 12.8. The first-order chi connectivity index (χ1) is 7.95. The monoisotopic (exact) mass is 236 g/mol. The molecule has 17 heavy (non-hydrogen) atoms. The molecule has 0 aliphatic carbocycles. The van der Waals surface area contributed by atoms with Gasteiger partial charge in [-0.25, -0.2) is 4.79 Å². The number of methoxy groups -OCH3 is 1. The number of aliphatic carboxylic acids is 1. The molecule has 5 heteroatoms. The molecule has 0 unspecified atom stereocenters. The summed E-state index contributed by atoms with van der Waals surface area (Å²) in [5, 5.41) is 18.2. The molecule has 1 aromatic carbocycles. The number of carbonyl (C=O) groups excluding carboxylic acids is 1. The van der Waals surface area contributed by atoms with E-state index in [1.54, 1.807) is 0 Å². The van der Waals surface area contributed by atoms with Gasteiger partial charge in [0.1, 0.15) is 5.57 Å². The molecule has 5 nitrogen and oxygen atoms in total. The van der Waals surface area contributed by atoms with E-state index in [4.69, 9.17) is 9.84 Å². The highest BCUT2D eigenvalue weighted by Gasteiger charge is 2.13. The van der Waals surface area contributed by atoms with Crippen molar-refractivity contribution in [3.05, 3.63) is 29.3 Å². The summed E-state index contributed by atoms with van der Waals surface area (Å²) in [5.74, 6) is -1.66. The van der Waals surface area contributed by atoms with Crippen molar-refractivity contribution in [2.24, 2.45) is 0 Å². The van der Waals surface area contributed by atoms with Crippen molar-refractivity contribution >= 4 is 17.8 Å². The van der Waals surface area contributed by atoms with Crippen LogP contribution < -0.4 is 4.74 Å². The summed E-state index contributed by atoms with van der Waals surface area (Å²) in [6.45, 7) is 1.18. The summed E-state index contributed by atoms with van der Waals surface area (Å²) < 4.78 is 4.88. The van der Waals surface area contributed by atoms with Crippen molar-refractivity contribution in [2.45, 2.75) is 6.92 Å². The van der Waals surface area contributed by atoms with Crippen molar-refractivity contribution in [1.29, 1.82) is 0 Å². The molecule has 0 radical (unpaired) electrons. The van der Waals surface area contributed by atoms with Crippen LogP contribution in [0, 0.1) is 0 Å². The van der Waals surface area contributed by atoms with Gasteiger partial charge in [0.05, 0.1) is 7.11 Å². The Kier molecular flexibility index (Phi) is 3.87. The number of carbonyl (C=O) groups is 2. The molecular weight excluding hydrogens is 224 g/mol. The Bertz CT molecular complexity index is 472. The minimum absolute atomic E-state index is 0.0515. The van der Waals surface area contributed by atoms with Gasteiger partial charge in [0.2, 0.25) is 0 Å². The van der Waals surface area contributed by atoms with Crippen LogP contribution in [0.5, 0.6) is 11.5 Å². The van der Waals surface area contributed by atoms with E-state index in [1.807, 2.05) is 0 Å². The number of carboxylic acids is 1. The van der Waals surface area contributed by atoms with Gasteiger partial charge < -0.3 is 14.9 Å². The Hall–Kier alpha value is -2.30. The van der Waals surface area contributed by atoms with Gasteiger partial charge in [-0.2, -0.15) is 0 Å². The fourth-order valence-electron chi connectivity index (χ4n) is 1.26. The molecule has 0 saturated carbocycles. The van der Waals surface area contributed by atoms with Crippen LogP contribution in [-0.4, -0.2) is 29.1 Å². The summed E-state index contributed by atoms with van der Waals surface area (Å²) in [4.78, 5) is 21.9. The zero-order valence-corrected chi connectivity index (χ0v) is 9.43. The topological polar surface area (TPSA) is 83.8 Å². The standard InChI is InChI=1S/C12H12O5/c1-7(13)9(12(15)16)5-8-3-4-10(14)11(6-8)17-2/h3-6,14H,1-2H3,(H,15,16)/b9-5-. The highest BCUT2D eigenvalue weighted by atomic mass is 16.5. The van der Waals surface area contributed by atoms with Crippen LogP contribution in [0.2, 0.25) is 0 Å². The van der Waals surface area contributed by atoms with E-state index in [9.17, 15) is 14.7 Å². The van der Waals surface area contributed by atoms with E-state index in [0.717, 1.165) is 0 Å². The lowest BCUT2D eigenvalue weighted by atomic mass is 10.1. The Morgan fingerprint density at radius 2 is 2.00 bits per heavy atom. The summed E-state index contributed by atoms with van der Waals surface area (Å²) >= 11 is 0. The highest BCUT2D eigenvalue weighted by molar-refractivity contribution is 6.19. The molecule has 1 aromatic rings. The maximum absolute atomic E-state index is 11.1. The van der Waals surface area contributed by atoms with Crippen LogP contribution in [-0.2, 0) is 9.59 Å².